The van der Waals surface area contributed by atoms with Crippen molar-refractivity contribution >= 4 is 0 Å². The predicted octanol–water partition coefficient (Wildman–Crippen LogP) is 2.88. The van der Waals surface area contributed by atoms with Crippen LogP contribution >= 0.6 is 0 Å². The second-order valence-electron chi connectivity index (χ2n) is 8.43. The van der Waals surface area contributed by atoms with Crippen LogP contribution in [0.4, 0.5) is 0 Å². The molecule has 1 heterocycles. The summed E-state index contributed by atoms with van der Waals surface area (Å²) in [6.45, 7) is 1.86. The van der Waals surface area contributed by atoms with Crippen molar-refractivity contribution < 1.29 is 24.8 Å². The fourth-order valence-electron chi connectivity index (χ4n) is 5.10. The number of rotatable bonds is 6. The Bertz CT molecular complexity index is 876. The average Bonchev–Trinajstić information content (AvgIpc) is 3.26. The molecule has 0 aromatic heterocycles. The summed E-state index contributed by atoms with van der Waals surface area (Å²) in [6, 6.07) is 10.4. The van der Waals surface area contributed by atoms with Gasteiger partial charge < -0.3 is 24.8 Å². The van der Waals surface area contributed by atoms with Crippen LogP contribution in [0.25, 0.3) is 0 Å². The van der Waals surface area contributed by atoms with Crippen molar-refractivity contribution in [2.45, 2.75) is 69.9 Å². The molecular formula is C25H32O5. The second kappa shape index (κ2) is 9.06. The van der Waals surface area contributed by atoms with Crippen LogP contribution in [0.1, 0.15) is 59.3 Å². The number of methoxy groups -OCH3 is 1. The normalized spacial score (nSPS) is 25.9. The summed E-state index contributed by atoms with van der Waals surface area (Å²) in [5, 5.41) is 30.1. The van der Waals surface area contributed by atoms with Gasteiger partial charge in [0.25, 0.3) is 0 Å². The minimum atomic E-state index is -1.05. The summed E-state index contributed by atoms with van der Waals surface area (Å²) in [7, 11) is 1.67. The van der Waals surface area contributed by atoms with Gasteiger partial charge in [-0.25, -0.2) is 0 Å². The molecule has 0 bridgehead atoms. The van der Waals surface area contributed by atoms with Crippen molar-refractivity contribution in [2.75, 3.05) is 13.7 Å². The van der Waals surface area contributed by atoms with Crippen molar-refractivity contribution in [1.82, 2.24) is 0 Å². The molecule has 0 unspecified atom stereocenters. The van der Waals surface area contributed by atoms with Crippen molar-refractivity contribution in [1.29, 1.82) is 0 Å². The van der Waals surface area contributed by atoms with E-state index in [2.05, 4.69) is 25.1 Å². The Kier molecular flexibility index (Phi) is 6.44. The van der Waals surface area contributed by atoms with Crippen LogP contribution in [-0.4, -0.2) is 47.3 Å². The average molecular weight is 413 g/mol. The van der Waals surface area contributed by atoms with E-state index in [1.54, 1.807) is 7.11 Å². The van der Waals surface area contributed by atoms with Gasteiger partial charge in [-0.2, -0.15) is 0 Å². The predicted molar refractivity (Wildman–Crippen MR) is 115 cm³/mol. The zero-order chi connectivity index (χ0) is 21.3. The van der Waals surface area contributed by atoms with E-state index in [0.717, 1.165) is 43.4 Å². The lowest BCUT2D eigenvalue weighted by Crippen LogP contribution is -2.47. The van der Waals surface area contributed by atoms with Gasteiger partial charge in [0.1, 0.15) is 18.0 Å². The van der Waals surface area contributed by atoms with Crippen LogP contribution in [0.3, 0.4) is 0 Å². The lowest BCUT2D eigenvalue weighted by Gasteiger charge is -2.37. The van der Waals surface area contributed by atoms with Gasteiger partial charge in [-0.15, -0.1) is 0 Å². The summed E-state index contributed by atoms with van der Waals surface area (Å²) in [5.41, 5.74) is 7.85. The van der Waals surface area contributed by atoms with Crippen LogP contribution in [0.2, 0.25) is 0 Å². The van der Waals surface area contributed by atoms with Gasteiger partial charge in [0.05, 0.1) is 25.9 Å². The Morgan fingerprint density at radius 3 is 2.50 bits per heavy atom. The van der Waals surface area contributed by atoms with E-state index in [-0.39, 0.29) is 12.7 Å². The number of fused-ring (bicyclic) bond motifs is 1. The number of benzene rings is 2. The molecule has 2 aromatic rings. The Labute approximate surface area is 178 Å². The summed E-state index contributed by atoms with van der Waals surface area (Å²) >= 11 is 0. The first-order valence-corrected chi connectivity index (χ1v) is 11.0. The highest BCUT2D eigenvalue weighted by Crippen LogP contribution is 2.40. The summed E-state index contributed by atoms with van der Waals surface area (Å²) < 4.78 is 11.3. The van der Waals surface area contributed by atoms with Crippen molar-refractivity contribution in [3.8, 4) is 5.75 Å². The molecule has 1 saturated heterocycles. The molecule has 0 amide bonds. The highest BCUT2D eigenvalue weighted by atomic mass is 16.5. The molecule has 1 fully saturated rings. The molecular weight excluding hydrogens is 380 g/mol. The lowest BCUT2D eigenvalue weighted by atomic mass is 9.84. The molecule has 162 valence electrons. The third kappa shape index (κ3) is 4.00. The smallest absolute Gasteiger partial charge is 0.118 e. The lowest BCUT2D eigenvalue weighted by molar-refractivity contribution is -0.181. The van der Waals surface area contributed by atoms with E-state index in [9.17, 15) is 15.3 Å². The van der Waals surface area contributed by atoms with Gasteiger partial charge in [-0.3, -0.25) is 0 Å². The van der Waals surface area contributed by atoms with Crippen molar-refractivity contribution in [3.05, 3.63) is 63.7 Å². The SMILES string of the molecule is CCc1c([C@H]2C[C@@H](O)[C@@H](O)[C@@H](CO)O2)cc(Cc2ccc(OC)cc2)c2c1CCC2. The number of aliphatic hydroxyl groups excluding tert-OH is 3. The highest BCUT2D eigenvalue weighted by molar-refractivity contribution is 5.51. The van der Waals surface area contributed by atoms with Crippen LogP contribution in [-0.2, 0) is 30.4 Å². The molecule has 2 aromatic carbocycles. The Morgan fingerprint density at radius 2 is 1.83 bits per heavy atom. The standard InChI is InChI=1S/C25H32O5/c1-3-18-20-6-4-5-19(20)16(11-15-7-9-17(29-2)10-8-15)12-21(18)23-13-22(27)25(28)24(14-26)30-23/h7-10,12,22-28H,3-6,11,13-14H2,1-2H3/t22-,23-,24-,25-/m1/s1. The minimum absolute atomic E-state index is 0.306. The Morgan fingerprint density at radius 1 is 1.10 bits per heavy atom. The van der Waals surface area contributed by atoms with Crippen molar-refractivity contribution in [2.24, 2.45) is 0 Å². The maximum atomic E-state index is 10.4. The quantitative estimate of drug-likeness (QED) is 0.680. The third-order valence-corrected chi connectivity index (χ3v) is 6.65. The first kappa shape index (κ1) is 21.3. The molecule has 2 aliphatic rings. The molecule has 3 N–H and O–H groups in total. The minimum Gasteiger partial charge on any atom is -0.497 e. The first-order chi connectivity index (χ1) is 14.5. The fraction of sp³-hybridized carbons (Fsp3) is 0.520. The zero-order valence-corrected chi connectivity index (χ0v) is 17.8. The summed E-state index contributed by atoms with van der Waals surface area (Å²) in [5.74, 6) is 0.851. The van der Waals surface area contributed by atoms with Gasteiger partial charge in [-0.05, 0) is 77.6 Å². The van der Waals surface area contributed by atoms with E-state index in [1.807, 2.05) is 12.1 Å². The zero-order valence-electron chi connectivity index (χ0n) is 17.8. The van der Waals surface area contributed by atoms with Gasteiger partial charge in [0, 0.05) is 6.42 Å². The van der Waals surface area contributed by atoms with Crippen LogP contribution < -0.4 is 4.74 Å². The van der Waals surface area contributed by atoms with Gasteiger partial charge in [-0.1, -0.05) is 25.1 Å². The molecule has 30 heavy (non-hydrogen) atoms. The molecule has 0 radical (unpaired) electrons. The van der Waals surface area contributed by atoms with E-state index in [0.29, 0.717) is 6.42 Å². The largest absolute Gasteiger partial charge is 0.497 e. The summed E-state index contributed by atoms with van der Waals surface area (Å²) in [4.78, 5) is 0. The topological polar surface area (TPSA) is 79.2 Å². The van der Waals surface area contributed by atoms with E-state index in [4.69, 9.17) is 9.47 Å². The number of ether oxygens (including phenoxy) is 2. The first-order valence-electron chi connectivity index (χ1n) is 11.0. The third-order valence-electron chi connectivity index (χ3n) is 6.65. The molecule has 1 aliphatic heterocycles. The van der Waals surface area contributed by atoms with Gasteiger partial charge in [0.2, 0.25) is 0 Å². The maximum Gasteiger partial charge on any atom is 0.118 e. The fourth-order valence-corrected chi connectivity index (χ4v) is 5.10. The van der Waals surface area contributed by atoms with E-state index in [1.165, 1.54) is 27.8 Å². The van der Waals surface area contributed by atoms with Crippen LogP contribution in [0.15, 0.2) is 30.3 Å². The molecule has 4 rings (SSSR count). The van der Waals surface area contributed by atoms with Gasteiger partial charge >= 0.3 is 0 Å². The monoisotopic (exact) mass is 412 g/mol. The summed E-state index contributed by atoms with van der Waals surface area (Å²) in [6.07, 6.45) is 2.38. The molecule has 4 atom stereocenters. The molecule has 0 saturated carbocycles. The maximum absolute atomic E-state index is 10.4. The van der Waals surface area contributed by atoms with Crippen LogP contribution in [0, 0.1) is 0 Å². The van der Waals surface area contributed by atoms with Crippen LogP contribution in [0.5, 0.6) is 5.75 Å². The molecule has 5 heteroatoms. The highest BCUT2D eigenvalue weighted by Gasteiger charge is 2.38. The molecule has 0 spiro atoms. The Balaban J connectivity index is 1.72. The molecule has 1 aliphatic carbocycles. The number of aliphatic hydroxyl groups is 3. The van der Waals surface area contributed by atoms with Gasteiger partial charge in [0.15, 0.2) is 0 Å². The second-order valence-corrected chi connectivity index (χ2v) is 8.43. The van der Waals surface area contributed by atoms with E-state index >= 15 is 0 Å². The number of hydrogen-bond donors (Lipinski definition) is 3. The van der Waals surface area contributed by atoms with E-state index < -0.39 is 18.3 Å². The molecule has 5 nitrogen and oxygen atoms in total. The Hall–Kier alpha value is -1.92. The number of hydrogen-bond acceptors (Lipinski definition) is 5. The van der Waals surface area contributed by atoms with Crippen molar-refractivity contribution in [3.63, 3.8) is 0 Å².